The van der Waals surface area contributed by atoms with Gasteiger partial charge in [0.05, 0.1) is 6.54 Å². The van der Waals surface area contributed by atoms with Gasteiger partial charge in [0.2, 0.25) is 11.8 Å². The van der Waals surface area contributed by atoms with Crippen LogP contribution in [0.4, 0.5) is 17.1 Å². The van der Waals surface area contributed by atoms with E-state index >= 15 is 0 Å². The van der Waals surface area contributed by atoms with Crippen molar-refractivity contribution in [2.75, 3.05) is 22.5 Å². The lowest BCUT2D eigenvalue weighted by Crippen LogP contribution is -2.30. The van der Waals surface area contributed by atoms with Crippen molar-refractivity contribution in [3.63, 3.8) is 0 Å². The Morgan fingerprint density at radius 2 is 1.48 bits per heavy atom. The number of hydrogen-bond donors (Lipinski definition) is 4. The standard InChI is InChI=1S/C24H32N4O3/c1-4-5-6-13-22(29)27-21-12-8-10-19(15-21)25-16-23(30)28-20-11-7-9-18(14-20)24(31)26-17(2)3/h7-12,14-15,17,25H,4-6,13,16H2,1-3H3,(H,26,31)(H,27,29)(H,28,30). The molecule has 0 saturated carbocycles. The SMILES string of the molecule is CCCCCC(=O)Nc1cccc(NCC(=O)Nc2cccc(C(=O)NC(C)C)c2)c1. The zero-order valence-corrected chi connectivity index (χ0v) is 18.5. The number of benzene rings is 2. The summed E-state index contributed by atoms with van der Waals surface area (Å²) in [5.41, 5.74) is 2.46. The molecule has 0 aromatic heterocycles. The molecule has 7 heteroatoms. The van der Waals surface area contributed by atoms with Crippen molar-refractivity contribution >= 4 is 34.8 Å². The quantitative estimate of drug-likeness (QED) is 0.402. The summed E-state index contributed by atoms with van der Waals surface area (Å²) in [6.07, 6.45) is 3.49. The van der Waals surface area contributed by atoms with Crippen LogP contribution in [0.15, 0.2) is 48.5 Å². The maximum Gasteiger partial charge on any atom is 0.251 e. The van der Waals surface area contributed by atoms with Gasteiger partial charge in [0.15, 0.2) is 0 Å². The van der Waals surface area contributed by atoms with E-state index < -0.39 is 0 Å². The molecular weight excluding hydrogens is 392 g/mol. The molecule has 2 aromatic rings. The van der Waals surface area contributed by atoms with E-state index in [1.165, 1.54) is 0 Å². The van der Waals surface area contributed by atoms with Gasteiger partial charge in [-0.2, -0.15) is 0 Å². The Hall–Kier alpha value is -3.35. The van der Waals surface area contributed by atoms with Crippen LogP contribution in [0.25, 0.3) is 0 Å². The second-order valence-corrected chi connectivity index (χ2v) is 7.70. The van der Waals surface area contributed by atoms with E-state index in [1.54, 1.807) is 30.3 Å². The van der Waals surface area contributed by atoms with Gasteiger partial charge in [-0.1, -0.05) is 31.9 Å². The van der Waals surface area contributed by atoms with E-state index in [-0.39, 0.29) is 30.3 Å². The minimum absolute atomic E-state index is 0.00951. The molecule has 0 bridgehead atoms. The van der Waals surface area contributed by atoms with Crippen molar-refractivity contribution in [3.05, 3.63) is 54.1 Å². The predicted octanol–water partition coefficient (Wildman–Crippen LogP) is 4.39. The highest BCUT2D eigenvalue weighted by Gasteiger charge is 2.09. The molecule has 0 radical (unpaired) electrons. The highest BCUT2D eigenvalue weighted by Crippen LogP contribution is 2.16. The first kappa shape index (κ1) is 23.9. The van der Waals surface area contributed by atoms with Crippen molar-refractivity contribution in [1.82, 2.24) is 5.32 Å². The van der Waals surface area contributed by atoms with Crippen LogP contribution in [0.5, 0.6) is 0 Å². The summed E-state index contributed by atoms with van der Waals surface area (Å²) in [4.78, 5) is 36.4. The van der Waals surface area contributed by atoms with Gasteiger partial charge in [-0.3, -0.25) is 14.4 Å². The fourth-order valence-corrected chi connectivity index (χ4v) is 2.94. The summed E-state index contributed by atoms with van der Waals surface area (Å²) >= 11 is 0. The number of amides is 3. The Kier molecular flexibility index (Phi) is 9.55. The molecule has 3 amide bonds. The van der Waals surface area contributed by atoms with Gasteiger partial charge in [-0.05, 0) is 56.7 Å². The minimum atomic E-state index is -0.240. The Labute approximate surface area is 184 Å². The van der Waals surface area contributed by atoms with Gasteiger partial charge in [-0.25, -0.2) is 0 Å². The molecule has 7 nitrogen and oxygen atoms in total. The first-order valence-corrected chi connectivity index (χ1v) is 10.7. The smallest absolute Gasteiger partial charge is 0.251 e. The van der Waals surface area contributed by atoms with Crippen molar-refractivity contribution in [2.45, 2.75) is 52.5 Å². The molecule has 0 aliphatic carbocycles. The molecule has 31 heavy (non-hydrogen) atoms. The molecule has 0 aliphatic rings. The molecule has 0 atom stereocenters. The number of anilines is 3. The van der Waals surface area contributed by atoms with Crippen molar-refractivity contribution in [1.29, 1.82) is 0 Å². The molecule has 166 valence electrons. The summed E-state index contributed by atoms with van der Waals surface area (Å²) in [6, 6.07) is 14.1. The van der Waals surface area contributed by atoms with Crippen LogP contribution in [-0.4, -0.2) is 30.3 Å². The van der Waals surface area contributed by atoms with Crippen LogP contribution in [0.2, 0.25) is 0 Å². The van der Waals surface area contributed by atoms with Gasteiger partial charge in [0, 0.05) is 35.1 Å². The largest absolute Gasteiger partial charge is 0.376 e. The fraction of sp³-hybridized carbons (Fsp3) is 0.375. The molecular formula is C24H32N4O3. The molecule has 0 aliphatic heterocycles. The Morgan fingerprint density at radius 1 is 0.839 bits per heavy atom. The second kappa shape index (κ2) is 12.4. The zero-order chi connectivity index (χ0) is 22.6. The summed E-state index contributed by atoms with van der Waals surface area (Å²) in [6.45, 7) is 5.93. The van der Waals surface area contributed by atoms with E-state index in [4.69, 9.17) is 0 Å². The van der Waals surface area contributed by atoms with Crippen LogP contribution < -0.4 is 21.3 Å². The van der Waals surface area contributed by atoms with Crippen LogP contribution in [0.1, 0.15) is 56.8 Å². The number of rotatable bonds is 11. The molecule has 0 spiro atoms. The normalized spacial score (nSPS) is 10.5. The third kappa shape index (κ3) is 8.90. The van der Waals surface area contributed by atoms with Crippen LogP contribution in [-0.2, 0) is 9.59 Å². The van der Waals surface area contributed by atoms with Gasteiger partial charge in [-0.15, -0.1) is 0 Å². The first-order chi connectivity index (χ1) is 14.9. The molecule has 0 heterocycles. The average Bonchev–Trinajstić information content (AvgIpc) is 2.72. The summed E-state index contributed by atoms with van der Waals surface area (Å²) in [7, 11) is 0. The summed E-state index contributed by atoms with van der Waals surface area (Å²) in [5, 5.41) is 11.5. The van der Waals surface area contributed by atoms with E-state index in [0.29, 0.717) is 23.4 Å². The molecule has 2 aromatic carbocycles. The van der Waals surface area contributed by atoms with E-state index in [9.17, 15) is 14.4 Å². The number of hydrogen-bond acceptors (Lipinski definition) is 4. The average molecular weight is 425 g/mol. The van der Waals surface area contributed by atoms with Crippen LogP contribution in [0.3, 0.4) is 0 Å². The monoisotopic (exact) mass is 424 g/mol. The lowest BCUT2D eigenvalue weighted by Gasteiger charge is -2.11. The minimum Gasteiger partial charge on any atom is -0.376 e. The van der Waals surface area contributed by atoms with Crippen LogP contribution >= 0.6 is 0 Å². The molecule has 0 unspecified atom stereocenters. The highest BCUT2D eigenvalue weighted by atomic mass is 16.2. The zero-order valence-electron chi connectivity index (χ0n) is 18.5. The molecule has 4 N–H and O–H groups in total. The van der Waals surface area contributed by atoms with Crippen molar-refractivity contribution in [3.8, 4) is 0 Å². The fourth-order valence-electron chi connectivity index (χ4n) is 2.94. The van der Waals surface area contributed by atoms with Crippen molar-refractivity contribution in [2.24, 2.45) is 0 Å². The Bertz CT molecular complexity index is 896. The third-order valence-electron chi connectivity index (χ3n) is 4.44. The highest BCUT2D eigenvalue weighted by molar-refractivity contribution is 5.98. The lowest BCUT2D eigenvalue weighted by molar-refractivity contribution is -0.116. The first-order valence-electron chi connectivity index (χ1n) is 10.7. The van der Waals surface area contributed by atoms with Crippen molar-refractivity contribution < 1.29 is 14.4 Å². The van der Waals surface area contributed by atoms with Gasteiger partial charge >= 0.3 is 0 Å². The summed E-state index contributed by atoms with van der Waals surface area (Å²) < 4.78 is 0. The second-order valence-electron chi connectivity index (χ2n) is 7.70. The molecule has 2 rings (SSSR count). The van der Waals surface area contributed by atoms with E-state index in [1.807, 2.05) is 32.0 Å². The van der Waals surface area contributed by atoms with Gasteiger partial charge < -0.3 is 21.3 Å². The Balaban J connectivity index is 1.86. The number of carbonyl (C=O) groups excluding carboxylic acids is 3. The number of carbonyl (C=O) groups is 3. The maximum atomic E-state index is 12.3. The predicted molar refractivity (Wildman–Crippen MR) is 125 cm³/mol. The summed E-state index contributed by atoms with van der Waals surface area (Å²) in [5.74, 6) is -0.432. The van der Waals surface area contributed by atoms with Gasteiger partial charge in [0.1, 0.15) is 0 Å². The lowest BCUT2D eigenvalue weighted by atomic mass is 10.1. The van der Waals surface area contributed by atoms with Gasteiger partial charge in [0.25, 0.3) is 5.91 Å². The topological polar surface area (TPSA) is 99.3 Å². The molecule has 0 saturated heterocycles. The molecule has 0 fully saturated rings. The maximum absolute atomic E-state index is 12.3. The number of nitrogens with one attached hydrogen (secondary N) is 4. The van der Waals surface area contributed by atoms with Crippen LogP contribution in [0, 0.1) is 0 Å². The third-order valence-corrected chi connectivity index (χ3v) is 4.44. The number of unbranched alkanes of at least 4 members (excludes halogenated alkanes) is 2. The van der Waals surface area contributed by atoms with E-state index in [0.717, 1.165) is 24.9 Å². The van der Waals surface area contributed by atoms with E-state index in [2.05, 4.69) is 28.2 Å². The Morgan fingerprint density at radius 3 is 2.19 bits per heavy atom.